The largest absolute Gasteiger partial charge is 0.309 e. The molecule has 6 aromatic rings. The molecule has 5 aromatic carbocycles. The Balaban J connectivity index is 1.70. The van der Waals surface area contributed by atoms with E-state index in [2.05, 4.69) is 144 Å². The van der Waals surface area contributed by atoms with Crippen LogP contribution in [-0.2, 0) is 5.41 Å². The van der Waals surface area contributed by atoms with Crippen molar-refractivity contribution in [2.24, 2.45) is 0 Å². The summed E-state index contributed by atoms with van der Waals surface area (Å²) in [4.78, 5) is 0. The third-order valence-corrected chi connectivity index (χ3v) is 8.12. The molecule has 1 heterocycles. The lowest BCUT2D eigenvalue weighted by Gasteiger charge is -2.24. The fourth-order valence-corrected chi connectivity index (χ4v) is 6.48. The zero-order valence-corrected chi connectivity index (χ0v) is 21.3. The summed E-state index contributed by atoms with van der Waals surface area (Å²) in [5.74, 6) is 0. The standard InChI is InChI=1S/C33H24BrN/c1-33(2)28-20-22(34)16-17-25(28)26-18-19-27-30-24(21-10-5-3-6-11-21)14-9-15-29(30)35(32(27)31(26)33)23-12-7-4-8-13-23/h3-20H,1-2H3. The highest BCUT2D eigenvalue weighted by molar-refractivity contribution is 9.10. The lowest BCUT2D eigenvalue weighted by atomic mass is 9.81. The number of hydrogen-bond donors (Lipinski definition) is 0. The molecule has 0 unspecified atom stereocenters. The zero-order valence-electron chi connectivity index (χ0n) is 19.7. The minimum atomic E-state index is -0.123. The summed E-state index contributed by atoms with van der Waals surface area (Å²) in [6, 6.07) is 39.7. The maximum Gasteiger partial charge on any atom is 0.0588 e. The molecule has 0 spiro atoms. The number of benzene rings is 5. The Hall–Kier alpha value is -3.62. The van der Waals surface area contributed by atoms with E-state index < -0.39 is 0 Å². The van der Waals surface area contributed by atoms with Gasteiger partial charge in [0.25, 0.3) is 0 Å². The summed E-state index contributed by atoms with van der Waals surface area (Å²) in [6.07, 6.45) is 0. The first kappa shape index (κ1) is 20.7. The number of hydrogen-bond acceptors (Lipinski definition) is 0. The Bertz CT molecular complexity index is 1760. The van der Waals surface area contributed by atoms with Crippen LogP contribution in [0.2, 0.25) is 0 Å². The summed E-state index contributed by atoms with van der Waals surface area (Å²) < 4.78 is 3.61. The molecule has 0 saturated carbocycles. The molecule has 0 atom stereocenters. The van der Waals surface area contributed by atoms with Gasteiger partial charge in [-0.05, 0) is 63.7 Å². The van der Waals surface area contributed by atoms with Gasteiger partial charge in [0.05, 0.1) is 11.0 Å². The van der Waals surface area contributed by atoms with Crippen LogP contribution in [0.25, 0.3) is 49.7 Å². The van der Waals surface area contributed by atoms with Crippen molar-refractivity contribution < 1.29 is 0 Å². The van der Waals surface area contributed by atoms with E-state index in [1.54, 1.807) is 0 Å². The van der Waals surface area contributed by atoms with E-state index in [9.17, 15) is 0 Å². The number of halogens is 1. The van der Waals surface area contributed by atoms with Gasteiger partial charge >= 0.3 is 0 Å². The summed E-state index contributed by atoms with van der Waals surface area (Å²) in [5.41, 5.74) is 11.6. The van der Waals surface area contributed by atoms with Crippen LogP contribution < -0.4 is 0 Å². The van der Waals surface area contributed by atoms with Crippen LogP contribution in [0, 0.1) is 0 Å². The van der Waals surface area contributed by atoms with Crippen LogP contribution in [0.1, 0.15) is 25.0 Å². The SMILES string of the molecule is CC1(C)c2cc(Br)ccc2-c2ccc3c4c(-c5ccccc5)cccc4n(-c4ccccc4)c3c21. The van der Waals surface area contributed by atoms with Gasteiger partial charge in [-0.1, -0.05) is 109 Å². The first-order valence-electron chi connectivity index (χ1n) is 12.1. The van der Waals surface area contributed by atoms with Crippen LogP contribution in [-0.4, -0.2) is 4.57 Å². The second kappa shape index (κ2) is 7.44. The van der Waals surface area contributed by atoms with Gasteiger partial charge in [-0.3, -0.25) is 0 Å². The summed E-state index contributed by atoms with van der Waals surface area (Å²) >= 11 is 3.72. The number of para-hydroxylation sites is 1. The van der Waals surface area contributed by atoms with Gasteiger partial charge in [-0.2, -0.15) is 0 Å². The maximum absolute atomic E-state index is 3.72. The van der Waals surface area contributed by atoms with Crippen LogP contribution >= 0.6 is 15.9 Å². The monoisotopic (exact) mass is 513 g/mol. The molecule has 1 nitrogen and oxygen atoms in total. The van der Waals surface area contributed by atoms with Crippen LogP contribution in [0.3, 0.4) is 0 Å². The van der Waals surface area contributed by atoms with Crippen molar-refractivity contribution in [2.75, 3.05) is 0 Å². The van der Waals surface area contributed by atoms with Crippen LogP contribution in [0.4, 0.5) is 0 Å². The van der Waals surface area contributed by atoms with Crippen molar-refractivity contribution in [3.8, 4) is 27.9 Å². The molecule has 0 radical (unpaired) electrons. The highest BCUT2D eigenvalue weighted by Crippen LogP contribution is 2.54. The van der Waals surface area contributed by atoms with E-state index in [0.717, 1.165) is 4.47 Å². The van der Waals surface area contributed by atoms with Crippen LogP contribution in [0.5, 0.6) is 0 Å². The minimum absolute atomic E-state index is 0.123. The van der Waals surface area contributed by atoms with Crippen molar-refractivity contribution >= 4 is 37.7 Å². The Labute approximate surface area is 213 Å². The van der Waals surface area contributed by atoms with E-state index in [4.69, 9.17) is 0 Å². The molecular weight excluding hydrogens is 490 g/mol. The quantitative estimate of drug-likeness (QED) is 0.217. The fraction of sp³-hybridized carbons (Fsp3) is 0.0909. The molecule has 0 amide bonds. The Morgan fingerprint density at radius 1 is 0.657 bits per heavy atom. The average molecular weight is 514 g/mol. The second-order valence-corrected chi connectivity index (χ2v) is 10.9. The van der Waals surface area contributed by atoms with E-state index in [-0.39, 0.29) is 5.41 Å². The summed E-state index contributed by atoms with van der Waals surface area (Å²) in [6.45, 7) is 4.74. The Kier molecular flexibility index (Phi) is 4.40. The third kappa shape index (κ3) is 2.87. The van der Waals surface area contributed by atoms with Crippen molar-refractivity contribution in [1.29, 1.82) is 0 Å². The lowest BCUT2D eigenvalue weighted by molar-refractivity contribution is 0.663. The van der Waals surface area contributed by atoms with Gasteiger partial charge in [0, 0.05) is 26.3 Å². The topological polar surface area (TPSA) is 4.93 Å². The fourth-order valence-electron chi connectivity index (χ4n) is 6.12. The smallest absolute Gasteiger partial charge is 0.0588 e. The molecular formula is C33H24BrN. The predicted octanol–water partition coefficient (Wildman–Crippen LogP) is 9.52. The van der Waals surface area contributed by atoms with E-state index in [0.29, 0.717) is 0 Å². The van der Waals surface area contributed by atoms with Gasteiger partial charge < -0.3 is 4.57 Å². The second-order valence-electron chi connectivity index (χ2n) is 9.94. The molecule has 0 N–H and O–H groups in total. The zero-order chi connectivity index (χ0) is 23.7. The molecule has 1 aliphatic rings. The van der Waals surface area contributed by atoms with E-state index >= 15 is 0 Å². The third-order valence-electron chi connectivity index (χ3n) is 7.62. The van der Waals surface area contributed by atoms with Gasteiger partial charge in [0.2, 0.25) is 0 Å². The molecule has 1 aromatic heterocycles. The molecule has 7 rings (SSSR count). The van der Waals surface area contributed by atoms with E-state index in [1.807, 2.05) is 0 Å². The number of nitrogens with zero attached hydrogens (tertiary/aromatic N) is 1. The van der Waals surface area contributed by atoms with Gasteiger partial charge in [0.1, 0.15) is 0 Å². The lowest BCUT2D eigenvalue weighted by Crippen LogP contribution is -2.16. The Morgan fingerprint density at radius 3 is 2.14 bits per heavy atom. The molecule has 2 heteroatoms. The number of fused-ring (bicyclic) bond motifs is 7. The normalized spacial score (nSPS) is 13.8. The maximum atomic E-state index is 3.72. The van der Waals surface area contributed by atoms with Crippen molar-refractivity contribution in [1.82, 2.24) is 4.57 Å². The first-order valence-corrected chi connectivity index (χ1v) is 12.9. The molecule has 0 bridgehead atoms. The van der Waals surface area contributed by atoms with Gasteiger partial charge in [-0.25, -0.2) is 0 Å². The first-order chi connectivity index (χ1) is 17.1. The molecule has 0 fully saturated rings. The highest BCUT2D eigenvalue weighted by Gasteiger charge is 2.38. The summed E-state index contributed by atoms with van der Waals surface area (Å²) in [5, 5.41) is 2.62. The van der Waals surface area contributed by atoms with E-state index in [1.165, 1.54) is 60.9 Å². The minimum Gasteiger partial charge on any atom is -0.309 e. The van der Waals surface area contributed by atoms with Crippen molar-refractivity contribution in [2.45, 2.75) is 19.3 Å². The summed E-state index contributed by atoms with van der Waals surface area (Å²) in [7, 11) is 0. The highest BCUT2D eigenvalue weighted by atomic mass is 79.9. The molecule has 168 valence electrons. The number of aromatic nitrogens is 1. The number of rotatable bonds is 2. The van der Waals surface area contributed by atoms with Gasteiger partial charge in [-0.15, -0.1) is 0 Å². The molecule has 0 saturated heterocycles. The van der Waals surface area contributed by atoms with Crippen LogP contribution in [0.15, 0.2) is 114 Å². The van der Waals surface area contributed by atoms with Gasteiger partial charge in [0.15, 0.2) is 0 Å². The Morgan fingerprint density at radius 2 is 1.37 bits per heavy atom. The van der Waals surface area contributed by atoms with Crippen molar-refractivity contribution in [3.05, 3.63) is 125 Å². The van der Waals surface area contributed by atoms with Crippen molar-refractivity contribution in [3.63, 3.8) is 0 Å². The average Bonchev–Trinajstić information content (AvgIpc) is 3.34. The molecule has 0 aliphatic heterocycles. The predicted molar refractivity (Wildman–Crippen MR) is 151 cm³/mol. The molecule has 1 aliphatic carbocycles. The molecule has 35 heavy (non-hydrogen) atoms.